The molecule has 1 aromatic carbocycles. The lowest BCUT2D eigenvalue weighted by Crippen LogP contribution is -2.22. The third kappa shape index (κ3) is 4.69. The normalized spacial score (nSPS) is 12.6. The third-order valence-corrected chi connectivity index (χ3v) is 5.61. The Bertz CT molecular complexity index is 889. The Morgan fingerprint density at radius 3 is 2.46 bits per heavy atom. The summed E-state index contributed by atoms with van der Waals surface area (Å²) in [5.74, 6) is -0.568. The zero-order valence-electron chi connectivity index (χ0n) is 15.8. The van der Waals surface area contributed by atoms with Crippen LogP contribution in [0.15, 0.2) is 24.3 Å². The molecule has 0 aliphatic heterocycles. The van der Waals surface area contributed by atoms with Gasteiger partial charge in [0.1, 0.15) is 10.8 Å². The Morgan fingerprint density at radius 2 is 1.79 bits per heavy atom. The molecule has 0 fully saturated rings. The number of hydrogen-bond donors (Lipinski definition) is 2. The van der Waals surface area contributed by atoms with E-state index in [1.54, 1.807) is 31.4 Å². The van der Waals surface area contributed by atoms with Gasteiger partial charge in [-0.3, -0.25) is 14.4 Å². The SMILES string of the molecule is COc1ccc(NC(=O)c2c(NC(=O)COC(C)=O)sc3c2CCCC3)cc1. The van der Waals surface area contributed by atoms with Gasteiger partial charge in [-0.15, -0.1) is 11.3 Å². The van der Waals surface area contributed by atoms with Crippen molar-refractivity contribution in [1.29, 1.82) is 0 Å². The molecule has 0 unspecified atom stereocenters. The minimum Gasteiger partial charge on any atom is -0.497 e. The van der Waals surface area contributed by atoms with Crippen molar-refractivity contribution in [2.75, 3.05) is 24.4 Å². The van der Waals surface area contributed by atoms with E-state index in [4.69, 9.17) is 9.47 Å². The van der Waals surface area contributed by atoms with Crippen LogP contribution in [0.5, 0.6) is 5.75 Å². The van der Waals surface area contributed by atoms with Gasteiger partial charge in [0.2, 0.25) is 0 Å². The Kier molecular flexibility index (Phi) is 6.30. The Hall–Kier alpha value is -2.87. The standard InChI is InChI=1S/C20H22N2O5S/c1-12(23)27-11-17(24)22-20-18(15-5-3-4-6-16(15)28-20)19(25)21-13-7-9-14(26-2)10-8-13/h7-10H,3-6,11H2,1-2H3,(H,21,25)(H,22,24). The van der Waals surface area contributed by atoms with Gasteiger partial charge in [0.25, 0.3) is 11.8 Å². The van der Waals surface area contributed by atoms with Gasteiger partial charge in [0.05, 0.1) is 12.7 Å². The molecule has 8 heteroatoms. The number of rotatable bonds is 6. The van der Waals surface area contributed by atoms with Gasteiger partial charge in [-0.1, -0.05) is 0 Å². The zero-order valence-corrected chi connectivity index (χ0v) is 16.6. The smallest absolute Gasteiger partial charge is 0.303 e. The highest BCUT2D eigenvalue weighted by atomic mass is 32.1. The zero-order chi connectivity index (χ0) is 20.1. The van der Waals surface area contributed by atoms with Crippen molar-refractivity contribution in [3.63, 3.8) is 0 Å². The number of esters is 1. The van der Waals surface area contributed by atoms with Crippen LogP contribution >= 0.6 is 11.3 Å². The molecule has 1 aliphatic rings. The fraction of sp³-hybridized carbons (Fsp3) is 0.350. The number of benzene rings is 1. The van der Waals surface area contributed by atoms with Crippen LogP contribution in [0.2, 0.25) is 0 Å². The van der Waals surface area contributed by atoms with Gasteiger partial charge < -0.3 is 20.1 Å². The van der Waals surface area contributed by atoms with Crippen LogP contribution in [0.1, 0.15) is 40.6 Å². The lowest BCUT2D eigenvalue weighted by atomic mass is 9.95. The number of methoxy groups -OCH3 is 1. The molecular weight excluding hydrogens is 380 g/mol. The van der Waals surface area contributed by atoms with Crippen LogP contribution in [-0.2, 0) is 27.2 Å². The van der Waals surface area contributed by atoms with E-state index in [0.717, 1.165) is 36.1 Å². The predicted molar refractivity (Wildman–Crippen MR) is 107 cm³/mol. The molecule has 0 radical (unpaired) electrons. The molecule has 0 atom stereocenters. The Morgan fingerprint density at radius 1 is 1.07 bits per heavy atom. The van der Waals surface area contributed by atoms with Crippen LogP contribution in [-0.4, -0.2) is 31.5 Å². The van der Waals surface area contributed by atoms with Crippen molar-refractivity contribution < 1.29 is 23.9 Å². The van der Waals surface area contributed by atoms with Crippen molar-refractivity contribution in [1.82, 2.24) is 0 Å². The number of fused-ring (bicyclic) bond motifs is 1. The van der Waals surface area contributed by atoms with Crippen molar-refractivity contribution in [3.8, 4) is 5.75 Å². The quantitative estimate of drug-likeness (QED) is 0.723. The Labute approximate surface area is 167 Å². The van der Waals surface area contributed by atoms with Crippen molar-refractivity contribution >= 4 is 39.8 Å². The summed E-state index contributed by atoms with van der Waals surface area (Å²) in [6, 6.07) is 7.05. The maximum atomic E-state index is 13.0. The summed E-state index contributed by atoms with van der Waals surface area (Å²) >= 11 is 1.42. The molecular formula is C20H22N2O5S. The fourth-order valence-electron chi connectivity index (χ4n) is 3.09. The number of carbonyl (C=O) groups excluding carboxylic acids is 3. The van der Waals surface area contributed by atoms with Crippen LogP contribution in [0.25, 0.3) is 0 Å². The number of ether oxygens (including phenoxy) is 2. The molecule has 0 bridgehead atoms. The number of aryl methyl sites for hydroxylation is 1. The van der Waals surface area contributed by atoms with Gasteiger partial charge in [0, 0.05) is 17.5 Å². The molecule has 148 valence electrons. The van der Waals surface area contributed by atoms with E-state index >= 15 is 0 Å². The summed E-state index contributed by atoms with van der Waals surface area (Å²) in [5, 5.41) is 6.11. The fourth-order valence-corrected chi connectivity index (χ4v) is 4.39. The molecule has 7 nitrogen and oxygen atoms in total. The molecule has 28 heavy (non-hydrogen) atoms. The van der Waals surface area contributed by atoms with Crippen molar-refractivity contribution in [2.45, 2.75) is 32.6 Å². The van der Waals surface area contributed by atoms with Crippen molar-refractivity contribution in [3.05, 3.63) is 40.3 Å². The number of amides is 2. The Balaban J connectivity index is 1.82. The first-order valence-corrected chi connectivity index (χ1v) is 9.82. The number of nitrogens with one attached hydrogen (secondary N) is 2. The van der Waals surface area contributed by atoms with E-state index in [-0.39, 0.29) is 12.5 Å². The summed E-state index contributed by atoms with van der Waals surface area (Å²) in [6.45, 7) is 0.863. The molecule has 2 amide bonds. The van der Waals surface area contributed by atoms with E-state index in [1.807, 2.05) is 0 Å². The molecule has 2 aromatic rings. The lowest BCUT2D eigenvalue weighted by molar-refractivity contribution is -0.144. The van der Waals surface area contributed by atoms with Gasteiger partial charge in [-0.25, -0.2) is 0 Å². The van der Waals surface area contributed by atoms with E-state index in [9.17, 15) is 14.4 Å². The maximum Gasteiger partial charge on any atom is 0.303 e. The molecule has 1 aromatic heterocycles. The number of hydrogen-bond acceptors (Lipinski definition) is 6. The van der Waals surface area contributed by atoms with E-state index in [2.05, 4.69) is 10.6 Å². The molecule has 1 aliphatic carbocycles. The minimum atomic E-state index is -0.530. The highest BCUT2D eigenvalue weighted by molar-refractivity contribution is 7.17. The molecule has 0 saturated heterocycles. The predicted octanol–water partition coefficient (Wildman–Crippen LogP) is 3.39. The van der Waals surface area contributed by atoms with E-state index in [0.29, 0.717) is 22.0 Å². The minimum absolute atomic E-state index is 0.271. The number of thiophene rings is 1. The summed E-state index contributed by atoms with van der Waals surface area (Å²) in [5.41, 5.74) is 2.12. The summed E-state index contributed by atoms with van der Waals surface area (Å²) < 4.78 is 9.87. The first-order valence-electron chi connectivity index (χ1n) is 9.01. The largest absolute Gasteiger partial charge is 0.497 e. The van der Waals surface area contributed by atoms with E-state index in [1.165, 1.54) is 18.3 Å². The second-order valence-corrected chi connectivity index (χ2v) is 7.53. The average Bonchev–Trinajstić information content (AvgIpc) is 3.04. The lowest BCUT2D eigenvalue weighted by Gasteiger charge is -2.13. The van der Waals surface area contributed by atoms with Crippen LogP contribution in [0.4, 0.5) is 10.7 Å². The second kappa shape index (κ2) is 8.88. The highest BCUT2D eigenvalue weighted by Crippen LogP contribution is 2.38. The number of carbonyl (C=O) groups is 3. The summed E-state index contributed by atoms with van der Waals surface area (Å²) in [6.07, 6.45) is 3.76. The van der Waals surface area contributed by atoms with Crippen LogP contribution in [0, 0.1) is 0 Å². The molecule has 2 N–H and O–H groups in total. The molecule has 3 rings (SSSR count). The first kappa shape index (κ1) is 19.9. The van der Waals surface area contributed by atoms with Gasteiger partial charge in [-0.05, 0) is 55.5 Å². The van der Waals surface area contributed by atoms with Gasteiger partial charge in [0.15, 0.2) is 6.61 Å². The van der Waals surface area contributed by atoms with Crippen LogP contribution in [0.3, 0.4) is 0 Å². The number of anilines is 2. The monoisotopic (exact) mass is 402 g/mol. The van der Waals surface area contributed by atoms with Crippen molar-refractivity contribution in [2.24, 2.45) is 0 Å². The summed E-state index contributed by atoms with van der Waals surface area (Å²) in [7, 11) is 1.58. The molecule has 0 saturated carbocycles. The first-order chi connectivity index (χ1) is 13.5. The molecule has 0 spiro atoms. The molecule has 1 heterocycles. The second-order valence-electron chi connectivity index (χ2n) is 6.43. The van der Waals surface area contributed by atoms with Gasteiger partial charge >= 0.3 is 5.97 Å². The topological polar surface area (TPSA) is 93.7 Å². The van der Waals surface area contributed by atoms with E-state index < -0.39 is 11.9 Å². The maximum absolute atomic E-state index is 13.0. The van der Waals surface area contributed by atoms with Crippen LogP contribution < -0.4 is 15.4 Å². The summed E-state index contributed by atoms with van der Waals surface area (Å²) in [4.78, 5) is 37.1. The average molecular weight is 402 g/mol. The van der Waals surface area contributed by atoms with Gasteiger partial charge in [-0.2, -0.15) is 0 Å². The third-order valence-electron chi connectivity index (χ3n) is 4.41. The highest BCUT2D eigenvalue weighted by Gasteiger charge is 2.26.